The predicted molar refractivity (Wildman–Crippen MR) is 63.3 cm³/mol. The molecule has 0 unspecified atom stereocenters. The Hall–Kier alpha value is -1.93. The van der Waals surface area contributed by atoms with Crippen molar-refractivity contribution < 1.29 is 4.74 Å². The first kappa shape index (κ1) is 10.6. The molecule has 0 saturated carbocycles. The Balaban J connectivity index is 2.18. The second kappa shape index (κ2) is 4.73. The largest absolute Gasteiger partial charge is 0.497 e. The summed E-state index contributed by atoms with van der Waals surface area (Å²) in [6, 6.07) is 6.11. The van der Waals surface area contributed by atoms with Gasteiger partial charge in [-0.3, -0.25) is 0 Å². The molecule has 4 nitrogen and oxygen atoms in total. The lowest BCUT2D eigenvalue weighted by atomic mass is 10.0. The van der Waals surface area contributed by atoms with Crippen LogP contribution in [0.15, 0.2) is 29.4 Å². The zero-order valence-electron chi connectivity index (χ0n) is 9.18. The van der Waals surface area contributed by atoms with Gasteiger partial charge in [0, 0.05) is 11.5 Å². The van der Waals surface area contributed by atoms with Gasteiger partial charge in [-0.25, -0.2) is 0 Å². The average molecular weight is 215 g/mol. The molecule has 0 radical (unpaired) electrons. The van der Waals surface area contributed by atoms with Crippen molar-refractivity contribution in [3.05, 3.63) is 45.8 Å². The first-order valence-corrected chi connectivity index (χ1v) is 5.22. The molecule has 0 saturated heterocycles. The molecule has 1 aromatic carbocycles. The molecule has 0 spiro atoms. The number of azide groups is 1. The topological polar surface area (TPSA) is 58.0 Å². The van der Waals surface area contributed by atoms with Crippen LogP contribution in [-0.2, 0) is 6.42 Å². The Labute approximate surface area is 94.2 Å². The number of allylic oxidation sites excluding steroid dienone is 1. The molecule has 1 aliphatic carbocycles. The Morgan fingerprint density at radius 2 is 2.38 bits per heavy atom. The number of hydrogen-bond acceptors (Lipinski definition) is 2. The minimum absolute atomic E-state index is 0.513. The highest BCUT2D eigenvalue weighted by Gasteiger charge is 2.13. The smallest absolute Gasteiger partial charge is 0.119 e. The highest BCUT2D eigenvalue weighted by Crippen LogP contribution is 2.32. The molecule has 2 rings (SSSR count). The van der Waals surface area contributed by atoms with Crippen molar-refractivity contribution in [1.29, 1.82) is 0 Å². The van der Waals surface area contributed by atoms with Gasteiger partial charge in [0.1, 0.15) is 5.75 Å². The van der Waals surface area contributed by atoms with E-state index in [1.54, 1.807) is 7.11 Å². The number of nitrogens with zero attached hydrogens (tertiary/aromatic N) is 3. The molecule has 0 bridgehead atoms. The highest BCUT2D eigenvalue weighted by molar-refractivity contribution is 5.74. The second-order valence-electron chi connectivity index (χ2n) is 3.66. The van der Waals surface area contributed by atoms with Gasteiger partial charge in [-0.05, 0) is 47.2 Å². The summed E-state index contributed by atoms with van der Waals surface area (Å²) in [6.45, 7) is 0.513. The summed E-state index contributed by atoms with van der Waals surface area (Å²) in [5, 5.41) is 3.56. The van der Waals surface area contributed by atoms with Gasteiger partial charge in [0.15, 0.2) is 0 Å². The summed E-state index contributed by atoms with van der Waals surface area (Å²) >= 11 is 0. The molecule has 16 heavy (non-hydrogen) atoms. The lowest BCUT2D eigenvalue weighted by Crippen LogP contribution is -1.90. The van der Waals surface area contributed by atoms with E-state index in [-0.39, 0.29) is 0 Å². The Bertz CT molecular complexity index is 473. The third-order valence-electron chi connectivity index (χ3n) is 2.78. The summed E-state index contributed by atoms with van der Waals surface area (Å²) in [4.78, 5) is 2.76. The number of fused-ring (bicyclic) bond motifs is 1. The van der Waals surface area contributed by atoms with Crippen LogP contribution < -0.4 is 4.74 Å². The zero-order valence-corrected chi connectivity index (χ0v) is 9.18. The standard InChI is InChI=1S/C12H13N3O/c1-16-11-5-4-9-2-3-10(12(9)8-11)6-7-14-15-13/h3-5,8H,2,6-7H2,1H3. The van der Waals surface area contributed by atoms with Crippen LogP contribution in [0.3, 0.4) is 0 Å². The van der Waals surface area contributed by atoms with Crippen molar-refractivity contribution in [2.45, 2.75) is 12.8 Å². The predicted octanol–water partition coefficient (Wildman–Crippen LogP) is 3.34. The normalized spacial score (nSPS) is 12.7. The van der Waals surface area contributed by atoms with Gasteiger partial charge in [-0.1, -0.05) is 17.3 Å². The fourth-order valence-corrected chi connectivity index (χ4v) is 1.95. The van der Waals surface area contributed by atoms with E-state index < -0.39 is 0 Å². The van der Waals surface area contributed by atoms with E-state index in [0.717, 1.165) is 18.6 Å². The number of benzene rings is 1. The summed E-state index contributed by atoms with van der Waals surface area (Å²) in [6.07, 6.45) is 3.95. The van der Waals surface area contributed by atoms with Crippen LogP contribution in [0.1, 0.15) is 17.5 Å². The molecular weight excluding hydrogens is 202 g/mol. The van der Waals surface area contributed by atoms with Crippen molar-refractivity contribution >= 4 is 5.57 Å². The summed E-state index contributed by atoms with van der Waals surface area (Å²) in [7, 11) is 1.67. The van der Waals surface area contributed by atoms with E-state index in [1.807, 2.05) is 12.1 Å². The molecule has 0 aliphatic heterocycles. The molecule has 1 aromatic rings. The Morgan fingerprint density at radius 3 is 3.12 bits per heavy atom. The van der Waals surface area contributed by atoms with Gasteiger partial charge < -0.3 is 4.74 Å². The fraction of sp³-hybridized carbons (Fsp3) is 0.333. The summed E-state index contributed by atoms with van der Waals surface area (Å²) < 4.78 is 5.20. The van der Waals surface area contributed by atoms with Crippen molar-refractivity contribution in [2.24, 2.45) is 5.11 Å². The number of ether oxygens (including phenoxy) is 1. The maximum absolute atomic E-state index is 8.24. The quantitative estimate of drug-likeness (QED) is 0.431. The van der Waals surface area contributed by atoms with Crippen molar-refractivity contribution in [1.82, 2.24) is 0 Å². The average Bonchev–Trinajstić information content (AvgIpc) is 2.72. The zero-order chi connectivity index (χ0) is 11.4. The molecule has 0 amide bonds. The van der Waals surface area contributed by atoms with Gasteiger partial charge >= 0.3 is 0 Å². The van der Waals surface area contributed by atoms with E-state index in [4.69, 9.17) is 10.3 Å². The van der Waals surface area contributed by atoms with Crippen LogP contribution in [-0.4, -0.2) is 13.7 Å². The number of rotatable bonds is 4. The van der Waals surface area contributed by atoms with E-state index in [1.165, 1.54) is 16.7 Å². The van der Waals surface area contributed by atoms with Gasteiger partial charge in [0.05, 0.1) is 7.11 Å². The minimum atomic E-state index is 0.513. The maximum atomic E-state index is 8.24. The molecule has 1 aliphatic rings. The van der Waals surface area contributed by atoms with Crippen LogP contribution in [0.4, 0.5) is 0 Å². The molecule has 0 heterocycles. The lowest BCUT2D eigenvalue weighted by Gasteiger charge is -2.06. The third-order valence-corrected chi connectivity index (χ3v) is 2.78. The van der Waals surface area contributed by atoms with Crippen LogP contribution >= 0.6 is 0 Å². The Morgan fingerprint density at radius 1 is 1.50 bits per heavy atom. The van der Waals surface area contributed by atoms with Crippen molar-refractivity contribution in [3.63, 3.8) is 0 Å². The Kier molecular flexibility index (Phi) is 3.13. The SMILES string of the molecule is COc1ccc2c(c1)C(CCN=[N+]=[N-])=CC2. The van der Waals surface area contributed by atoms with Gasteiger partial charge in [-0.2, -0.15) is 0 Å². The van der Waals surface area contributed by atoms with E-state index in [0.29, 0.717) is 6.54 Å². The molecule has 0 N–H and O–H groups in total. The van der Waals surface area contributed by atoms with Gasteiger partial charge in [0.25, 0.3) is 0 Å². The van der Waals surface area contributed by atoms with Gasteiger partial charge in [-0.15, -0.1) is 0 Å². The van der Waals surface area contributed by atoms with Crippen LogP contribution in [0, 0.1) is 0 Å². The molecule has 0 atom stereocenters. The third kappa shape index (κ3) is 2.02. The van der Waals surface area contributed by atoms with Crippen molar-refractivity contribution in [2.75, 3.05) is 13.7 Å². The van der Waals surface area contributed by atoms with Crippen LogP contribution in [0.2, 0.25) is 0 Å². The number of hydrogen-bond donors (Lipinski definition) is 0. The molecular formula is C12H13N3O. The number of methoxy groups -OCH3 is 1. The molecule has 0 aromatic heterocycles. The first-order chi connectivity index (χ1) is 7.85. The first-order valence-electron chi connectivity index (χ1n) is 5.22. The monoisotopic (exact) mass is 215 g/mol. The minimum Gasteiger partial charge on any atom is -0.497 e. The maximum Gasteiger partial charge on any atom is 0.119 e. The van der Waals surface area contributed by atoms with Crippen LogP contribution in [0.25, 0.3) is 16.0 Å². The fourth-order valence-electron chi connectivity index (χ4n) is 1.95. The van der Waals surface area contributed by atoms with Crippen LogP contribution in [0.5, 0.6) is 5.75 Å². The summed E-state index contributed by atoms with van der Waals surface area (Å²) in [5.74, 6) is 0.871. The van der Waals surface area contributed by atoms with E-state index in [2.05, 4.69) is 22.2 Å². The second-order valence-corrected chi connectivity index (χ2v) is 3.66. The highest BCUT2D eigenvalue weighted by atomic mass is 16.5. The summed E-state index contributed by atoms with van der Waals surface area (Å²) in [5.41, 5.74) is 12.0. The molecule has 4 heteroatoms. The van der Waals surface area contributed by atoms with E-state index >= 15 is 0 Å². The lowest BCUT2D eigenvalue weighted by molar-refractivity contribution is 0.414. The van der Waals surface area contributed by atoms with Gasteiger partial charge in [0.2, 0.25) is 0 Å². The van der Waals surface area contributed by atoms with E-state index in [9.17, 15) is 0 Å². The van der Waals surface area contributed by atoms with Crippen molar-refractivity contribution in [3.8, 4) is 5.75 Å². The molecule has 82 valence electrons. The molecule has 0 fully saturated rings.